The minimum absolute atomic E-state index is 0. The van der Waals surface area contributed by atoms with Crippen LogP contribution in [0.3, 0.4) is 0 Å². The van der Waals surface area contributed by atoms with Crippen LogP contribution in [0.15, 0.2) is 42.0 Å². The van der Waals surface area contributed by atoms with Gasteiger partial charge in [-0.1, -0.05) is 41.9 Å². The fourth-order valence-corrected chi connectivity index (χ4v) is 4.15. The molecule has 182 valence electrons. The number of anilines is 1. The monoisotopic (exact) mass is 491 g/mol. The Morgan fingerprint density at radius 3 is 2.71 bits per heavy atom. The summed E-state index contributed by atoms with van der Waals surface area (Å²) in [6, 6.07) is 9.88. The number of carboxylic acids is 1. The average Bonchev–Trinajstić information content (AvgIpc) is 3.26. The van der Waals surface area contributed by atoms with Crippen molar-refractivity contribution in [1.82, 2.24) is 10.5 Å². The summed E-state index contributed by atoms with van der Waals surface area (Å²) in [7, 11) is 0. The van der Waals surface area contributed by atoms with E-state index >= 15 is 0 Å². The zero-order chi connectivity index (χ0) is 23.9. The van der Waals surface area contributed by atoms with Gasteiger partial charge in [0, 0.05) is 5.56 Å². The molecule has 2 aromatic carbocycles. The highest BCUT2D eigenvalue weighted by atomic mass is 35.5. The largest absolute Gasteiger partial charge is 0.481 e. The van der Waals surface area contributed by atoms with E-state index in [0.29, 0.717) is 11.3 Å². The smallest absolute Gasteiger partial charge is 0.310 e. The predicted molar refractivity (Wildman–Crippen MR) is 126 cm³/mol. The standard InChI is InChI=1S/C24H25ClFN3O4.H2O/c1-13(22(30)31)17-8-14-6-4-5-7-16(14)21(17)28-27-20-9-15(19(26)10-18(20)25)11-29-23(32)24(2,3)12-33-29;/h4-10,13,21,27-28H,11-12H2,1-3H3,(H,30,31);1H2. The molecule has 1 saturated heterocycles. The van der Waals surface area contributed by atoms with Crippen molar-refractivity contribution in [2.75, 3.05) is 12.0 Å². The van der Waals surface area contributed by atoms with Crippen LogP contribution in [0, 0.1) is 17.2 Å². The highest BCUT2D eigenvalue weighted by Crippen LogP contribution is 2.39. The lowest BCUT2D eigenvalue weighted by Gasteiger charge is -2.23. The molecule has 2 atom stereocenters. The number of hydrazine groups is 1. The number of hydrogen-bond acceptors (Lipinski definition) is 5. The number of carbonyl (C=O) groups is 2. The fourth-order valence-electron chi connectivity index (χ4n) is 3.96. The molecule has 1 aliphatic heterocycles. The Balaban J connectivity index is 0.00000324. The van der Waals surface area contributed by atoms with Crippen molar-refractivity contribution in [3.8, 4) is 0 Å². The van der Waals surface area contributed by atoms with Crippen LogP contribution in [-0.4, -0.2) is 34.1 Å². The highest BCUT2D eigenvalue weighted by molar-refractivity contribution is 6.33. The number of rotatable bonds is 7. The van der Waals surface area contributed by atoms with E-state index in [4.69, 9.17) is 16.4 Å². The number of halogens is 2. The van der Waals surface area contributed by atoms with Crippen LogP contribution in [0.25, 0.3) is 6.08 Å². The summed E-state index contributed by atoms with van der Waals surface area (Å²) < 4.78 is 14.6. The van der Waals surface area contributed by atoms with E-state index < -0.39 is 29.2 Å². The normalized spacial score (nSPS) is 19.3. The number of amides is 1. The van der Waals surface area contributed by atoms with Gasteiger partial charge >= 0.3 is 5.97 Å². The van der Waals surface area contributed by atoms with Crippen molar-refractivity contribution in [2.45, 2.75) is 33.4 Å². The minimum Gasteiger partial charge on any atom is -0.481 e. The molecule has 8 nitrogen and oxygen atoms in total. The van der Waals surface area contributed by atoms with Gasteiger partial charge in [-0.3, -0.25) is 14.4 Å². The van der Waals surface area contributed by atoms with Crippen molar-refractivity contribution in [3.63, 3.8) is 0 Å². The van der Waals surface area contributed by atoms with E-state index in [0.717, 1.165) is 16.2 Å². The molecule has 34 heavy (non-hydrogen) atoms. The third-order valence-electron chi connectivity index (χ3n) is 6.02. The molecule has 2 aromatic rings. The van der Waals surface area contributed by atoms with Crippen molar-refractivity contribution in [2.24, 2.45) is 11.3 Å². The van der Waals surface area contributed by atoms with Gasteiger partial charge in [-0.15, -0.1) is 0 Å². The molecule has 1 fully saturated rings. The van der Waals surface area contributed by atoms with Gasteiger partial charge in [0.05, 0.1) is 41.2 Å². The Kier molecular flexibility index (Phi) is 7.32. The highest BCUT2D eigenvalue weighted by Gasteiger charge is 2.40. The van der Waals surface area contributed by atoms with Crippen LogP contribution in [0.2, 0.25) is 5.02 Å². The molecule has 0 aromatic heterocycles. The predicted octanol–water partition coefficient (Wildman–Crippen LogP) is 3.73. The number of nitrogens with one attached hydrogen (secondary N) is 2. The van der Waals surface area contributed by atoms with Crippen molar-refractivity contribution < 1.29 is 29.4 Å². The van der Waals surface area contributed by atoms with Crippen LogP contribution in [-0.2, 0) is 21.0 Å². The molecule has 10 heteroatoms. The summed E-state index contributed by atoms with van der Waals surface area (Å²) in [6.07, 6.45) is 1.86. The molecular weight excluding hydrogens is 465 g/mol. The number of nitrogens with zero attached hydrogens (tertiary/aromatic N) is 1. The molecule has 1 heterocycles. The number of carboxylic acid groups (broad SMARTS) is 1. The Labute approximate surface area is 201 Å². The topological polar surface area (TPSA) is 122 Å². The number of aliphatic carboxylic acids is 1. The maximum absolute atomic E-state index is 14.6. The first-order valence-electron chi connectivity index (χ1n) is 10.6. The number of hydroxylamine groups is 2. The second-order valence-corrected chi connectivity index (χ2v) is 9.37. The van der Waals surface area contributed by atoms with E-state index in [-0.39, 0.29) is 35.1 Å². The van der Waals surface area contributed by atoms with Crippen LogP contribution in [0.1, 0.15) is 43.5 Å². The Bertz CT molecular complexity index is 1150. The minimum atomic E-state index is -0.929. The van der Waals surface area contributed by atoms with Gasteiger partial charge < -0.3 is 16.0 Å². The number of carbonyl (C=O) groups excluding carboxylic acids is 1. The number of hydrogen-bond donors (Lipinski definition) is 3. The van der Waals surface area contributed by atoms with E-state index in [1.54, 1.807) is 20.8 Å². The van der Waals surface area contributed by atoms with E-state index in [2.05, 4.69) is 10.9 Å². The summed E-state index contributed by atoms with van der Waals surface area (Å²) in [6.45, 7) is 5.34. The molecule has 2 aliphatic rings. The Hall–Kier alpha value is -2.98. The van der Waals surface area contributed by atoms with Crippen LogP contribution in [0.4, 0.5) is 10.1 Å². The lowest BCUT2D eigenvalue weighted by molar-refractivity contribution is -0.165. The van der Waals surface area contributed by atoms with E-state index in [9.17, 15) is 19.1 Å². The first-order valence-corrected chi connectivity index (χ1v) is 10.9. The molecular formula is C24H27ClFN3O5. The SMILES string of the molecule is CC(C(=O)O)C1=Cc2ccccc2C1NNc1cc(CN2OCC(C)(C)C2=O)c(F)cc1Cl.O. The first-order chi connectivity index (χ1) is 15.6. The lowest BCUT2D eigenvalue weighted by atomic mass is 9.95. The summed E-state index contributed by atoms with van der Waals surface area (Å²) in [4.78, 5) is 29.5. The van der Waals surface area contributed by atoms with E-state index in [1.807, 2.05) is 30.3 Å². The maximum atomic E-state index is 14.6. The third kappa shape index (κ3) is 4.78. The molecule has 0 radical (unpaired) electrons. The van der Waals surface area contributed by atoms with Crippen LogP contribution in [0.5, 0.6) is 0 Å². The Morgan fingerprint density at radius 1 is 1.35 bits per heavy atom. The Morgan fingerprint density at radius 2 is 2.06 bits per heavy atom. The molecule has 0 spiro atoms. The average molecular weight is 492 g/mol. The van der Waals surface area contributed by atoms with Gasteiger partial charge in [0.2, 0.25) is 0 Å². The zero-order valence-electron chi connectivity index (χ0n) is 19.0. The molecule has 2 unspecified atom stereocenters. The van der Waals surface area contributed by atoms with Gasteiger partial charge in [-0.2, -0.15) is 0 Å². The molecule has 1 aliphatic carbocycles. The second-order valence-electron chi connectivity index (χ2n) is 8.96. The van der Waals surface area contributed by atoms with E-state index in [1.165, 1.54) is 12.1 Å². The van der Waals surface area contributed by atoms with Crippen LogP contribution < -0.4 is 10.9 Å². The van der Waals surface area contributed by atoms with Gasteiger partial charge in [0.1, 0.15) is 5.82 Å². The van der Waals surface area contributed by atoms with Gasteiger partial charge in [-0.25, -0.2) is 14.9 Å². The summed E-state index contributed by atoms with van der Waals surface area (Å²) in [5, 5.41) is 10.8. The summed E-state index contributed by atoms with van der Waals surface area (Å²) in [5.74, 6) is -2.42. The molecule has 5 N–H and O–H groups in total. The van der Waals surface area contributed by atoms with Gasteiger partial charge in [0.15, 0.2) is 0 Å². The second kappa shape index (κ2) is 9.71. The zero-order valence-corrected chi connectivity index (χ0v) is 19.7. The molecule has 4 rings (SSSR count). The lowest BCUT2D eigenvalue weighted by Crippen LogP contribution is -2.31. The summed E-state index contributed by atoms with van der Waals surface area (Å²) >= 11 is 6.26. The maximum Gasteiger partial charge on any atom is 0.310 e. The van der Waals surface area contributed by atoms with Gasteiger partial charge in [0.25, 0.3) is 5.91 Å². The third-order valence-corrected chi connectivity index (χ3v) is 6.33. The fraction of sp³-hybridized carbons (Fsp3) is 0.333. The molecule has 0 bridgehead atoms. The van der Waals surface area contributed by atoms with Crippen molar-refractivity contribution >= 4 is 35.2 Å². The quantitative estimate of drug-likeness (QED) is 0.507. The first kappa shape index (κ1) is 25.6. The number of benzene rings is 2. The molecule has 0 saturated carbocycles. The van der Waals surface area contributed by atoms with Crippen molar-refractivity contribution in [3.05, 3.63) is 69.5 Å². The summed E-state index contributed by atoms with van der Waals surface area (Å²) in [5.41, 5.74) is 8.66. The number of fused-ring (bicyclic) bond motifs is 1. The van der Waals surface area contributed by atoms with Crippen LogP contribution >= 0.6 is 11.6 Å². The molecule has 1 amide bonds. The van der Waals surface area contributed by atoms with Gasteiger partial charge in [-0.05, 0) is 49.6 Å². The van der Waals surface area contributed by atoms with Crippen molar-refractivity contribution in [1.29, 1.82) is 0 Å².